The predicted octanol–water partition coefficient (Wildman–Crippen LogP) is 8.41. The van der Waals surface area contributed by atoms with Crippen LogP contribution in [0.5, 0.6) is 0 Å². The molecule has 1 atom stereocenters. The maximum Gasteiger partial charge on any atom is 0.329 e. The summed E-state index contributed by atoms with van der Waals surface area (Å²) in [5.74, 6) is 0.690. The minimum atomic E-state index is -0.659. The topological polar surface area (TPSA) is 132 Å². The van der Waals surface area contributed by atoms with E-state index in [4.69, 9.17) is 14.7 Å². The Morgan fingerprint density at radius 2 is 1.56 bits per heavy atom. The molecule has 2 aromatic carbocycles. The Morgan fingerprint density at radius 3 is 2.31 bits per heavy atom. The van der Waals surface area contributed by atoms with E-state index < -0.39 is 11.9 Å². The highest BCUT2D eigenvalue weighted by molar-refractivity contribution is 6.00. The number of ether oxygens (including phenoxy) is 1. The number of piperazine rings is 1. The van der Waals surface area contributed by atoms with Crippen molar-refractivity contribution in [1.29, 1.82) is 0 Å². The lowest BCUT2D eigenvalue weighted by atomic mass is 9.95. The number of benzene rings is 2. The van der Waals surface area contributed by atoms with Gasteiger partial charge in [-0.3, -0.25) is 28.9 Å². The first-order valence-electron chi connectivity index (χ1n) is 24.6. The number of rotatable bonds is 21. The number of hydrogen-bond donors (Lipinski definition) is 2. The molecule has 1 saturated carbocycles. The van der Waals surface area contributed by atoms with Crippen molar-refractivity contribution < 1.29 is 14.3 Å². The van der Waals surface area contributed by atoms with E-state index in [1.807, 2.05) is 12.3 Å². The van der Waals surface area contributed by atoms with Gasteiger partial charge in [0.1, 0.15) is 11.7 Å². The van der Waals surface area contributed by atoms with Crippen molar-refractivity contribution in [2.75, 3.05) is 57.8 Å². The molecule has 2 N–H and O–H groups in total. The summed E-state index contributed by atoms with van der Waals surface area (Å²) < 4.78 is 11.6. The van der Waals surface area contributed by atoms with Gasteiger partial charge in [0.15, 0.2) is 0 Å². The van der Waals surface area contributed by atoms with Crippen LogP contribution >= 0.6 is 0 Å². The van der Waals surface area contributed by atoms with Crippen molar-refractivity contribution in [2.45, 2.75) is 129 Å². The Balaban J connectivity index is 0.718. The van der Waals surface area contributed by atoms with Gasteiger partial charge in [-0.25, -0.2) is 9.78 Å². The molecule has 13 nitrogen and oxygen atoms in total. The maximum absolute atomic E-state index is 13.1. The Bertz CT molecular complexity index is 2380. The Hall–Kier alpha value is -4.85. The zero-order chi connectivity index (χ0) is 44.4. The van der Waals surface area contributed by atoms with Crippen LogP contribution in [0.25, 0.3) is 33.2 Å². The summed E-state index contributed by atoms with van der Waals surface area (Å²) in [6, 6.07) is 15.1. The van der Waals surface area contributed by atoms with Crippen LogP contribution in [-0.2, 0) is 34.3 Å². The summed E-state index contributed by atoms with van der Waals surface area (Å²) in [6.07, 6.45) is 20.0. The number of amides is 2. The lowest BCUT2D eigenvalue weighted by Gasteiger charge is -2.34. The molecular weight excluding hydrogens is 803 g/mol. The van der Waals surface area contributed by atoms with E-state index in [2.05, 4.69) is 81.4 Å². The lowest BCUT2D eigenvalue weighted by Crippen LogP contribution is -2.46. The van der Waals surface area contributed by atoms with Crippen LogP contribution in [-0.4, -0.2) is 97.8 Å². The molecule has 13 heteroatoms. The number of nitrogens with zero attached hydrogens (tertiary/aromatic N) is 7. The summed E-state index contributed by atoms with van der Waals surface area (Å²) >= 11 is 0. The molecule has 2 saturated heterocycles. The number of fused-ring (bicyclic) bond motifs is 2. The van der Waals surface area contributed by atoms with Gasteiger partial charge in [0.25, 0.3) is 0 Å². The fraction of sp³-hybridized carbons (Fsp3) is 0.588. The second-order valence-corrected chi connectivity index (χ2v) is 18.7. The second kappa shape index (κ2) is 21.9. The van der Waals surface area contributed by atoms with Gasteiger partial charge in [0.05, 0.1) is 11.0 Å². The zero-order valence-corrected chi connectivity index (χ0v) is 38.7. The molecule has 1 aliphatic carbocycles. The van der Waals surface area contributed by atoms with Crippen molar-refractivity contribution in [1.82, 2.24) is 38.8 Å². The van der Waals surface area contributed by atoms with Crippen LogP contribution in [0, 0.1) is 5.92 Å². The molecule has 3 aliphatic rings. The molecular formula is C51H71N9O4. The third-order valence-corrected chi connectivity index (χ3v) is 14.3. The van der Waals surface area contributed by atoms with E-state index >= 15 is 0 Å². The standard InChI is InChI=1S/C51H71N9O4/c1-4-37(5-2)33-52-50-53-34-42-43(36-59(48(42)55-50)41-15-9-6-10-16-41)40-20-17-39(18-21-40)35-58-28-26-57(27-29-58)25-11-13-31-64-30-12-7-8-14-38-19-22-44-46(32-38)56(3)51(63)60(44)45-23-24-47(61)54-49(45)62/h17-22,32,34,36-37,41,45H,4-16,23-31,33,35H2,1-3H3,(H,52,53,55)(H,54,61,62). The van der Waals surface area contributed by atoms with Crippen molar-refractivity contribution >= 4 is 39.8 Å². The van der Waals surface area contributed by atoms with Crippen LogP contribution in [0.2, 0.25) is 0 Å². The Labute approximate surface area is 378 Å². The first kappa shape index (κ1) is 45.7. The van der Waals surface area contributed by atoms with E-state index in [0.29, 0.717) is 18.4 Å². The smallest absolute Gasteiger partial charge is 0.329 e. The summed E-state index contributed by atoms with van der Waals surface area (Å²) in [7, 11) is 1.74. The number of aryl methyl sites for hydroxylation is 2. The van der Waals surface area contributed by atoms with E-state index in [1.165, 1.54) is 58.9 Å². The van der Waals surface area contributed by atoms with Gasteiger partial charge >= 0.3 is 5.69 Å². The first-order valence-corrected chi connectivity index (χ1v) is 24.6. The first-order chi connectivity index (χ1) is 31.3. The highest BCUT2D eigenvalue weighted by Crippen LogP contribution is 2.37. The third-order valence-electron chi connectivity index (χ3n) is 14.3. The largest absolute Gasteiger partial charge is 0.381 e. The summed E-state index contributed by atoms with van der Waals surface area (Å²) in [5.41, 5.74) is 7.39. The fourth-order valence-corrected chi connectivity index (χ4v) is 10.2. The quantitative estimate of drug-likeness (QED) is 0.0551. The Kier molecular flexibility index (Phi) is 15.6. The number of anilines is 1. The van der Waals surface area contributed by atoms with Gasteiger partial charge < -0.3 is 19.5 Å². The summed E-state index contributed by atoms with van der Waals surface area (Å²) in [4.78, 5) is 52.3. The van der Waals surface area contributed by atoms with Gasteiger partial charge in [-0.15, -0.1) is 0 Å². The minimum Gasteiger partial charge on any atom is -0.381 e. The molecule has 2 amide bonds. The predicted molar refractivity (Wildman–Crippen MR) is 256 cm³/mol. The van der Waals surface area contributed by atoms with Gasteiger partial charge in [-0.1, -0.05) is 82.7 Å². The maximum atomic E-state index is 13.1. The van der Waals surface area contributed by atoms with Crippen LogP contribution in [0.15, 0.2) is 59.7 Å². The van der Waals surface area contributed by atoms with Crippen LogP contribution in [0.3, 0.4) is 0 Å². The molecule has 0 spiro atoms. The number of imide groups is 1. The minimum absolute atomic E-state index is 0.230. The monoisotopic (exact) mass is 874 g/mol. The highest BCUT2D eigenvalue weighted by Gasteiger charge is 2.31. The summed E-state index contributed by atoms with van der Waals surface area (Å²) in [5, 5.41) is 7.06. The van der Waals surface area contributed by atoms with Crippen LogP contribution in [0.1, 0.15) is 127 Å². The van der Waals surface area contributed by atoms with Crippen molar-refractivity contribution in [2.24, 2.45) is 13.0 Å². The van der Waals surface area contributed by atoms with E-state index in [-0.39, 0.29) is 18.0 Å². The summed E-state index contributed by atoms with van der Waals surface area (Å²) in [6.45, 7) is 13.6. The van der Waals surface area contributed by atoms with Gasteiger partial charge in [0, 0.05) is 95.3 Å². The Morgan fingerprint density at radius 1 is 0.828 bits per heavy atom. The number of carbonyl (C=O) groups is 2. The number of imidazole rings is 1. The van der Waals surface area contributed by atoms with Gasteiger partial charge in [-0.05, 0) is 92.7 Å². The average molecular weight is 874 g/mol. The molecule has 64 heavy (non-hydrogen) atoms. The number of carbonyl (C=O) groups excluding carboxylic acids is 2. The molecule has 5 heterocycles. The number of aromatic nitrogens is 5. The van der Waals surface area contributed by atoms with E-state index in [9.17, 15) is 14.4 Å². The second-order valence-electron chi connectivity index (χ2n) is 18.7. The molecule has 3 fully saturated rings. The average Bonchev–Trinajstić information content (AvgIpc) is 3.81. The third kappa shape index (κ3) is 11.0. The fourth-order valence-electron chi connectivity index (χ4n) is 10.2. The SMILES string of the molecule is CCC(CC)CNc1ncc2c(-c3ccc(CN4CCN(CCCCOCCCCCc5ccc6c(c5)n(C)c(=O)n6C5CCC(=O)NC5=O)CC4)cc3)cn(C3CCCCC3)c2n1. The number of hydrogen-bond acceptors (Lipinski definition) is 9. The highest BCUT2D eigenvalue weighted by atomic mass is 16.5. The van der Waals surface area contributed by atoms with E-state index in [0.717, 1.165) is 138 Å². The number of unbranched alkanes of at least 4 members (excludes halogenated alkanes) is 3. The van der Waals surface area contributed by atoms with Crippen LogP contribution < -0.4 is 16.3 Å². The van der Waals surface area contributed by atoms with Crippen molar-refractivity contribution in [3.05, 3.63) is 76.5 Å². The molecule has 3 aromatic heterocycles. The van der Waals surface area contributed by atoms with E-state index in [1.54, 1.807) is 11.6 Å². The van der Waals surface area contributed by atoms with Gasteiger partial charge in [0.2, 0.25) is 17.8 Å². The van der Waals surface area contributed by atoms with Crippen LogP contribution in [0.4, 0.5) is 5.95 Å². The molecule has 0 bridgehead atoms. The molecule has 8 rings (SSSR count). The molecule has 0 radical (unpaired) electrons. The molecule has 5 aromatic rings. The molecule has 1 unspecified atom stereocenters. The van der Waals surface area contributed by atoms with Crippen molar-refractivity contribution in [3.63, 3.8) is 0 Å². The van der Waals surface area contributed by atoms with Gasteiger partial charge in [-0.2, -0.15) is 4.98 Å². The normalized spacial score (nSPS) is 18.2. The number of piperidine rings is 1. The zero-order valence-electron chi connectivity index (χ0n) is 38.7. The lowest BCUT2D eigenvalue weighted by molar-refractivity contribution is -0.135. The van der Waals surface area contributed by atoms with Crippen molar-refractivity contribution in [3.8, 4) is 11.1 Å². The molecule has 344 valence electrons. The molecule has 2 aliphatic heterocycles. The number of nitrogens with one attached hydrogen (secondary N) is 2.